The van der Waals surface area contributed by atoms with Gasteiger partial charge in [0.1, 0.15) is 8.07 Å². The normalized spacial score (nSPS) is 16.3. The summed E-state index contributed by atoms with van der Waals surface area (Å²) in [5.41, 5.74) is 8.95. The number of hydrogen-bond acceptors (Lipinski definition) is 2. The fraction of sp³-hybridized carbons (Fsp3) is 0.556. The van der Waals surface area contributed by atoms with Gasteiger partial charge in [-0.15, -0.1) is 5.54 Å². The summed E-state index contributed by atoms with van der Waals surface area (Å²) >= 11 is 2.49. The average molecular weight is 426 g/mol. The molecule has 1 aliphatic rings. The van der Waals surface area contributed by atoms with Gasteiger partial charge in [-0.25, -0.2) is 0 Å². The maximum absolute atomic E-state index is 3.52. The van der Waals surface area contributed by atoms with Crippen molar-refractivity contribution in [3.8, 4) is 11.5 Å². The topological polar surface area (TPSA) is 15.3 Å². The van der Waals surface area contributed by atoms with Crippen LogP contribution in [0.2, 0.25) is 19.6 Å². The molecule has 1 aromatic rings. The molecule has 1 aliphatic heterocycles. The van der Waals surface area contributed by atoms with Crippen molar-refractivity contribution in [1.29, 1.82) is 0 Å². The lowest BCUT2D eigenvalue weighted by molar-refractivity contribution is 0.233. The highest BCUT2D eigenvalue weighted by molar-refractivity contribution is 14.1. The molecular weight excluding hydrogens is 399 g/mol. The van der Waals surface area contributed by atoms with Gasteiger partial charge in [0.05, 0.1) is 0 Å². The first-order valence-corrected chi connectivity index (χ1v) is 12.6. The van der Waals surface area contributed by atoms with Crippen molar-refractivity contribution in [2.45, 2.75) is 40.0 Å². The molecule has 0 radical (unpaired) electrons. The standard InChI is InChI=1S/C18H27IN2Si/c1-14-16(6-11-22(3,4)5)12-17(15(2)18(14)19)13-21-9-7-20-8-10-21/h12,20H,7-10,13H2,1-5H3. The Kier molecular flexibility index (Phi) is 6.12. The Labute approximate surface area is 150 Å². The van der Waals surface area contributed by atoms with Crippen LogP contribution in [-0.4, -0.2) is 39.2 Å². The molecule has 1 aromatic carbocycles. The van der Waals surface area contributed by atoms with Crippen molar-refractivity contribution in [1.82, 2.24) is 10.2 Å². The van der Waals surface area contributed by atoms with E-state index >= 15 is 0 Å². The van der Waals surface area contributed by atoms with Gasteiger partial charge < -0.3 is 5.32 Å². The van der Waals surface area contributed by atoms with E-state index in [9.17, 15) is 0 Å². The Morgan fingerprint density at radius 3 is 2.41 bits per heavy atom. The average Bonchev–Trinajstić information content (AvgIpc) is 2.47. The van der Waals surface area contributed by atoms with Gasteiger partial charge in [-0.1, -0.05) is 25.6 Å². The van der Waals surface area contributed by atoms with Gasteiger partial charge in [0.25, 0.3) is 0 Å². The van der Waals surface area contributed by atoms with Crippen molar-refractivity contribution >= 4 is 30.7 Å². The Balaban J connectivity index is 2.33. The molecule has 1 fully saturated rings. The molecule has 0 aromatic heterocycles. The Morgan fingerprint density at radius 2 is 1.82 bits per heavy atom. The van der Waals surface area contributed by atoms with Crippen LogP contribution in [0.4, 0.5) is 0 Å². The maximum atomic E-state index is 3.52. The molecule has 0 aliphatic carbocycles. The van der Waals surface area contributed by atoms with E-state index in [0.717, 1.165) is 32.7 Å². The summed E-state index contributed by atoms with van der Waals surface area (Å²) in [6, 6.07) is 2.34. The van der Waals surface area contributed by atoms with Crippen LogP contribution in [0.15, 0.2) is 6.07 Å². The second-order valence-electron chi connectivity index (χ2n) is 7.17. The SMILES string of the molecule is Cc1c(C#C[Si](C)(C)C)cc(CN2CCNCC2)c(C)c1I. The van der Waals surface area contributed by atoms with Gasteiger partial charge in [-0.2, -0.15) is 0 Å². The van der Waals surface area contributed by atoms with Gasteiger partial charge in [-0.3, -0.25) is 4.90 Å². The van der Waals surface area contributed by atoms with Crippen LogP contribution in [0.5, 0.6) is 0 Å². The number of rotatable bonds is 2. The van der Waals surface area contributed by atoms with Gasteiger partial charge >= 0.3 is 0 Å². The number of hydrogen-bond donors (Lipinski definition) is 1. The number of benzene rings is 1. The van der Waals surface area contributed by atoms with E-state index in [2.05, 4.69) is 83.8 Å². The monoisotopic (exact) mass is 426 g/mol. The fourth-order valence-electron chi connectivity index (χ4n) is 2.59. The summed E-state index contributed by atoms with van der Waals surface area (Å²) in [4.78, 5) is 2.54. The molecule has 0 amide bonds. The lowest BCUT2D eigenvalue weighted by atomic mass is 9.99. The van der Waals surface area contributed by atoms with E-state index in [4.69, 9.17) is 0 Å². The van der Waals surface area contributed by atoms with Crippen molar-refractivity contribution in [3.05, 3.63) is 31.9 Å². The second-order valence-corrected chi connectivity index (χ2v) is 13.0. The van der Waals surface area contributed by atoms with E-state index < -0.39 is 8.07 Å². The van der Waals surface area contributed by atoms with E-state index in [1.54, 1.807) is 0 Å². The van der Waals surface area contributed by atoms with E-state index in [0.29, 0.717) is 0 Å². The molecule has 0 bridgehead atoms. The molecule has 0 saturated carbocycles. The summed E-state index contributed by atoms with van der Waals surface area (Å²) < 4.78 is 1.38. The van der Waals surface area contributed by atoms with Gasteiger partial charge in [0.15, 0.2) is 0 Å². The molecule has 0 unspecified atom stereocenters. The first-order valence-electron chi connectivity index (χ1n) is 8.03. The number of nitrogens with zero attached hydrogens (tertiary/aromatic N) is 1. The quantitative estimate of drug-likeness (QED) is 0.442. The first kappa shape index (κ1) is 18.0. The minimum absolute atomic E-state index is 1.05. The minimum atomic E-state index is -1.34. The van der Waals surface area contributed by atoms with Crippen LogP contribution >= 0.6 is 22.6 Å². The highest BCUT2D eigenvalue weighted by Crippen LogP contribution is 2.25. The molecule has 22 heavy (non-hydrogen) atoms. The molecule has 2 nitrogen and oxygen atoms in total. The molecule has 120 valence electrons. The maximum Gasteiger partial charge on any atom is 0.129 e. The van der Waals surface area contributed by atoms with Gasteiger partial charge in [-0.05, 0) is 59.2 Å². The van der Waals surface area contributed by atoms with Crippen LogP contribution in [-0.2, 0) is 6.54 Å². The van der Waals surface area contributed by atoms with Crippen LogP contribution in [0.25, 0.3) is 0 Å². The smallest absolute Gasteiger partial charge is 0.129 e. The predicted octanol–water partition coefficient (Wildman–Crippen LogP) is 3.54. The predicted molar refractivity (Wildman–Crippen MR) is 107 cm³/mol. The number of halogens is 1. The molecule has 4 heteroatoms. The summed E-state index contributed by atoms with van der Waals surface area (Å²) in [5, 5.41) is 3.42. The van der Waals surface area contributed by atoms with Crippen molar-refractivity contribution in [2.24, 2.45) is 0 Å². The minimum Gasteiger partial charge on any atom is -0.314 e. The summed E-state index contributed by atoms with van der Waals surface area (Å²) in [6.07, 6.45) is 0. The van der Waals surface area contributed by atoms with E-state index in [-0.39, 0.29) is 0 Å². The second kappa shape index (κ2) is 7.48. The number of piperazine rings is 1. The number of nitrogens with one attached hydrogen (secondary N) is 1. The summed E-state index contributed by atoms with van der Waals surface area (Å²) in [5.74, 6) is 3.47. The third-order valence-electron chi connectivity index (χ3n) is 4.04. The largest absolute Gasteiger partial charge is 0.314 e. The molecular formula is C18H27IN2Si. The van der Waals surface area contributed by atoms with E-state index in [1.807, 2.05) is 0 Å². The lowest BCUT2D eigenvalue weighted by Gasteiger charge is -2.28. The first-order chi connectivity index (χ1) is 10.3. The molecule has 1 N–H and O–H groups in total. The Bertz CT molecular complexity index is 602. The molecule has 0 atom stereocenters. The zero-order chi connectivity index (χ0) is 16.3. The molecule has 1 heterocycles. The summed E-state index contributed by atoms with van der Waals surface area (Å²) in [7, 11) is -1.34. The van der Waals surface area contributed by atoms with Crippen LogP contribution in [0.3, 0.4) is 0 Å². The zero-order valence-electron chi connectivity index (χ0n) is 14.4. The van der Waals surface area contributed by atoms with Crippen molar-refractivity contribution < 1.29 is 0 Å². The molecule has 1 saturated heterocycles. The third-order valence-corrected chi connectivity index (χ3v) is 6.53. The Morgan fingerprint density at radius 1 is 1.18 bits per heavy atom. The van der Waals surface area contributed by atoms with Crippen LogP contribution < -0.4 is 5.32 Å². The van der Waals surface area contributed by atoms with Crippen LogP contribution in [0.1, 0.15) is 22.3 Å². The third kappa shape index (κ3) is 4.82. The fourth-order valence-corrected chi connectivity index (χ4v) is 3.74. The van der Waals surface area contributed by atoms with Crippen molar-refractivity contribution in [2.75, 3.05) is 26.2 Å². The highest BCUT2D eigenvalue weighted by atomic mass is 127. The van der Waals surface area contributed by atoms with Gasteiger partial charge in [0, 0.05) is 41.9 Å². The zero-order valence-corrected chi connectivity index (χ0v) is 17.6. The Hall–Kier alpha value is -0.353. The summed E-state index contributed by atoms with van der Waals surface area (Å²) in [6.45, 7) is 16.9. The molecule has 2 rings (SSSR count). The van der Waals surface area contributed by atoms with Gasteiger partial charge in [0.2, 0.25) is 0 Å². The highest BCUT2D eigenvalue weighted by Gasteiger charge is 2.15. The lowest BCUT2D eigenvalue weighted by Crippen LogP contribution is -2.43. The van der Waals surface area contributed by atoms with Crippen LogP contribution in [0, 0.1) is 28.9 Å². The molecule has 0 spiro atoms. The van der Waals surface area contributed by atoms with E-state index in [1.165, 1.54) is 25.8 Å². The van der Waals surface area contributed by atoms with Crippen molar-refractivity contribution in [3.63, 3.8) is 0 Å².